The number of piperidine rings is 2. The molecule has 2 fully saturated rings. The molecule has 3 heterocycles. The highest BCUT2D eigenvalue weighted by molar-refractivity contribution is 7.89. The van der Waals surface area contributed by atoms with Crippen molar-refractivity contribution in [1.29, 1.82) is 0 Å². The molecule has 1 amide bonds. The maximum Gasteiger partial charge on any atom is 0.270 e. The number of nitrogens with zero attached hydrogens (tertiary/aromatic N) is 2. The third kappa shape index (κ3) is 3.89. The van der Waals surface area contributed by atoms with Crippen molar-refractivity contribution in [3.8, 4) is 0 Å². The molecule has 2 aliphatic rings. The number of carbonyl (C=O) groups is 1. The van der Waals surface area contributed by atoms with Crippen LogP contribution in [0.1, 0.15) is 56.1 Å². The molecular weight excluding hydrogens is 398 g/mol. The van der Waals surface area contributed by atoms with Gasteiger partial charge in [-0.1, -0.05) is 20.8 Å². The molecule has 164 valence electrons. The lowest BCUT2D eigenvalue weighted by molar-refractivity contribution is 0.0691. The predicted molar refractivity (Wildman–Crippen MR) is 119 cm³/mol. The van der Waals surface area contributed by atoms with Crippen LogP contribution in [0, 0.1) is 24.7 Å². The van der Waals surface area contributed by atoms with Gasteiger partial charge in [-0.3, -0.25) is 4.79 Å². The van der Waals surface area contributed by atoms with Gasteiger partial charge in [-0.2, -0.15) is 4.31 Å². The summed E-state index contributed by atoms with van der Waals surface area (Å²) in [6.45, 7) is 11.0. The largest absolute Gasteiger partial charge is 0.350 e. The fraction of sp³-hybridized carbons (Fsp3) is 0.609. The standard InChI is InChI=1S/C23H33N3O3S/c1-15-7-9-25(10-8-15)23(27)22-18(4)20-12-19(5-6-21(20)24-22)30(28,29)26-13-16(2)11-17(3)14-26/h5-6,12,15-17,24H,7-11,13-14H2,1-4H3. The van der Waals surface area contributed by atoms with Crippen molar-refractivity contribution >= 4 is 26.8 Å². The number of sulfonamides is 1. The van der Waals surface area contributed by atoms with Crippen molar-refractivity contribution in [1.82, 2.24) is 14.2 Å². The minimum absolute atomic E-state index is 0.0127. The zero-order valence-corrected chi connectivity index (χ0v) is 19.3. The molecule has 7 heteroatoms. The van der Waals surface area contributed by atoms with E-state index in [1.165, 1.54) is 0 Å². The number of amides is 1. The van der Waals surface area contributed by atoms with E-state index < -0.39 is 10.0 Å². The number of nitrogens with one attached hydrogen (secondary N) is 1. The molecule has 2 aliphatic heterocycles. The molecule has 1 aromatic carbocycles. The number of fused-ring (bicyclic) bond motifs is 1. The van der Waals surface area contributed by atoms with Gasteiger partial charge in [-0.05, 0) is 67.7 Å². The van der Waals surface area contributed by atoms with E-state index in [9.17, 15) is 13.2 Å². The molecule has 2 atom stereocenters. The molecule has 0 saturated carbocycles. The number of carbonyl (C=O) groups excluding carboxylic acids is 1. The summed E-state index contributed by atoms with van der Waals surface area (Å²) in [4.78, 5) is 18.5. The summed E-state index contributed by atoms with van der Waals surface area (Å²) < 4.78 is 28.2. The lowest BCUT2D eigenvalue weighted by Gasteiger charge is -2.34. The summed E-state index contributed by atoms with van der Waals surface area (Å²) in [5.74, 6) is 1.39. The first-order chi connectivity index (χ1) is 14.2. The van der Waals surface area contributed by atoms with Crippen LogP contribution in [-0.4, -0.2) is 54.7 Å². The first-order valence-electron chi connectivity index (χ1n) is 11.1. The second-order valence-electron chi connectivity index (χ2n) is 9.58. The third-order valence-corrected chi connectivity index (χ3v) is 8.62. The first-order valence-corrected chi connectivity index (χ1v) is 12.5. The number of aromatic amines is 1. The second kappa shape index (κ2) is 8.00. The van der Waals surface area contributed by atoms with Crippen LogP contribution < -0.4 is 0 Å². The Morgan fingerprint density at radius 3 is 2.30 bits per heavy atom. The van der Waals surface area contributed by atoms with Gasteiger partial charge in [0.2, 0.25) is 10.0 Å². The molecule has 4 rings (SSSR count). The van der Waals surface area contributed by atoms with E-state index in [2.05, 4.69) is 25.8 Å². The number of rotatable bonds is 3. The number of aryl methyl sites for hydroxylation is 1. The topological polar surface area (TPSA) is 73.5 Å². The zero-order valence-electron chi connectivity index (χ0n) is 18.4. The van der Waals surface area contributed by atoms with Gasteiger partial charge in [0.25, 0.3) is 5.91 Å². The smallest absolute Gasteiger partial charge is 0.270 e. The quantitative estimate of drug-likeness (QED) is 0.798. The van der Waals surface area contributed by atoms with Gasteiger partial charge < -0.3 is 9.88 Å². The number of likely N-dealkylation sites (tertiary alicyclic amines) is 1. The van der Waals surface area contributed by atoms with Crippen LogP contribution in [0.2, 0.25) is 0 Å². The lowest BCUT2D eigenvalue weighted by atomic mass is 9.94. The molecule has 0 spiro atoms. The fourth-order valence-corrected chi connectivity index (χ4v) is 6.71. The highest BCUT2D eigenvalue weighted by Crippen LogP contribution is 2.30. The zero-order chi connectivity index (χ0) is 21.6. The Bertz CT molecular complexity index is 1040. The number of H-pyrrole nitrogens is 1. The third-order valence-electron chi connectivity index (χ3n) is 6.79. The van der Waals surface area contributed by atoms with Crippen molar-refractivity contribution < 1.29 is 13.2 Å². The molecule has 1 aromatic heterocycles. The second-order valence-corrected chi connectivity index (χ2v) is 11.5. The summed E-state index contributed by atoms with van der Waals surface area (Å²) in [6.07, 6.45) is 3.11. The Kier molecular flexibility index (Phi) is 5.70. The summed E-state index contributed by atoms with van der Waals surface area (Å²) in [6, 6.07) is 5.19. The normalized spacial score (nSPS) is 24.5. The first kappa shape index (κ1) is 21.4. The number of hydrogen-bond acceptors (Lipinski definition) is 3. The fourth-order valence-electron chi connectivity index (χ4n) is 5.00. The van der Waals surface area contributed by atoms with E-state index in [-0.39, 0.29) is 5.91 Å². The highest BCUT2D eigenvalue weighted by atomic mass is 32.2. The van der Waals surface area contributed by atoms with E-state index in [1.807, 2.05) is 11.8 Å². The van der Waals surface area contributed by atoms with Crippen LogP contribution >= 0.6 is 0 Å². The SMILES string of the molecule is Cc1c(C(=O)N2CCC(C)CC2)[nH]c2ccc(S(=O)(=O)N3CC(C)CC(C)C3)cc12. The summed E-state index contributed by atoms with van der Waals surface area (Å²) in [5.41, 5.74) is 2.21. The molecule has 6 nitrogen and oxygen atoms in total. The average Bonchev–Trinajstić information content (AvgIpc) is 3.03. The van der Waals surface area contributed by atoms with Crippen LogP contribution in [0.4, 0.5) is 0 Å². The van der Waals surface area contributed by atoms with Crippen LogP contribution in [0.5, 0.6) is 0 Å². The molecule has 0 radical (unpaired) electrons. The van der Waals surface area contributed by atoms with Gasteiger partial charge in [0, 0.05) is 37.1 Å². The Morgan fingerprint density at radius 1 is 1.03 bits per heavy atom. The monoisotopic (exact) mass is 431 g/mol. The van der Waals surface area contributed by atoms with Gasteiger partial charge in [-0.15, -0.1) is 0 Å². The number of hydrogen-bond donors (Lipinski definition) is 1. The molecule has 2 saturated heterocycles. The van der Waals surface area contributed by atoms with Gasteiger partial charge >= 0.3 is 0 Å². The molecule has 30 heavy (non-hydrogen) atoms. The van der Waals surface area contributed by atoms with Crippen LogP contribution in [0.15, 0.2) is 23.1 Å². The molecule has 0 aliphatic carbocycles. The highest BCUT2D eigenvalue weighted by Gasteiger charge is 2.32. The van der Waals surface area contributed by atoms with E-state index in [0.717, 1.165) is 48.8 Å². The van der Waals surface area contributed by atoms with E-state index >= 15 is 0 Å². The minimum Gasteiger partial charge on any atom is -0.350 e. The summed E-state index contributed by atoms with van der Waals surface area (Å²) in [7, 11) is -3.55. The van der Waals surface area contributed by atoms with Gasteiger partial charge in [0.15, 0.2) is 0 Å². The summed E-state index contributed by atoms with van der Waals surface area (Å²) in [5, 5.41) is 0.808. The maximum atomic E-state index is 13.3. The Labute approximate surface area is 179 Å². The van der Waals surface area contributed by atoms with Crippen molar-refractivity contribution in [3.63, 3.8) is 0 Å². The minimum atomic E-state index is -3.55. The van der Waals surface area contributed by atoms with Crippen LogP contribution in [0.3, 0.4) is 0 Å². The average molecular weight is 432 g/mol. The molecule has 1 N–H and O–H groups in total. The van der Waals surface area contributed by atoms with E-state index in [1.54, 1.807) is 22.5 Å². The predicted octanol–water partition coefficient (Wildman–Crippen LogP) is 4.02. The van der Waals surface area contributed by atoms with Crippen molar-refractivity contribution in [2.75, 3.05) is 26.2 Å². The van der Waals surface area contributed by atoms with Crippen LogP contribution in [-0.2, 0) is 10.0 Å². The van der Waals surface area contributed by atoms with Gasteiger partial charge in [0.05, 0.1) is 4.90 Å². The molecular formula is C23H33N3O3S. The van der Waals surface area contributed by atoms with Gasteiger partial charge in [-0.25, -0.2) is 8.42 Å². The number of aromatic nitrogens is 1. The Balaban J connectivity index is 1.65. The van der Waals surface area contributed by atoms with E-state index in [4.69, 9.17) is 0 Å². The van der Waals surface area contributed by atoms with E-state index in [0.29, 0.717) is 41.4 Å². The van der Waals surface area contributed by atoms with Crippen molar-refractivity contribution in [2.24, 2.45) is 17.8 Å². The summed E-state index contributed by atoms with van der Waals surface area (Å²) >= 11 is 0. The van der Waals surface area contributed by atoms with Crippen molar-refractivity contribution in [2.45, 2.75) is 51.9 Å². The lowest BCUT2D eigenvalue weighted by Crippen LogP contribution is -2.42. The molecule has 2 unspecified atom stereocenters. The Hall–Kier alpha value is -1.86. The Morgan fingerprint density at radius 2 is 1.67 bits per heavy atom. The molecule has 2 aromatic rings. The number of benzene rings is 1. The molecule has 0 bridgehead atoms. The van der Waals surface area contributed by atoms with Crippen molar-refractivity contribution in [3.05, 3.63) is 29.5 Å². The van der Waals surface area contributed by atoms with Crippen LogP contribution in [0.25, 0.3) is 10.9 Å². The maximum absolute atomic E-state index is 13.3. The van der Waals surface area contributed by atoms with Gasteiger partial charge in [0.1, 0.15) is 5.69 Å².